The van der Waals surface area contributed by atoms with Gasteiger partial charge in [-0.05, 0) is 24.0 Å². The zero-order valence-corrected chi connectivity index (χ0v) is 7.56. The third kappa shape index (κ3) is 0.826. The molecule has 3 nitrogen and oxygen atoms in total. The van der Waals surface area contributed by atoms with Gasteiger partial charge in [-0.25, -0.2) is 4.79 Å². The third-order valence-corrected chi connectivity index (χ3v) is 3.16. The lowest BCUT2D eigenvalue weighted by atomic mass is 9.97. The van der Waals surface area contributed by atoms with Gasteiger partial charge >= 0.3 is 5.97 Å². The van der Waals surface area contributed by atoms with Gasteiger partial charge in [0.2, 0.25) is 0 Å². The van der Waals surface area contributed by atoms with E-state index in [0.717, 1.165) is 18.4 Å². The monoisotopic (exact) mass is 190 g/mol. The number of aryl methyl sites for hydroxylation is 1. The van der Waals surface area contributed by atoms with Crippen LogP contribution in [0.4, 0.5) is 0 Å². The van der Waals surface area contributed by atoms with Crippen molar-refractivity contribution in [3.8, 4) is 0 Å². The fraction of sp³-hybridized carbons (Fsp3) is 0.364. The summed E-state index contributed by atoms with van der Waals surface area (Å²) >= 11 is 0. The van der Waals surface area contributed by atoms with E-state index < -0.39 is 17.7 Å². The Morgan fingerprint density at radius 1 is 1.50 bits per heavy atom. The van der Waals surface area contributed by atoms with Crippen LogP contribution in [0.25, 0.3) is 0 Å². The van der Waals surface area contributed by atoms with Crippen molar-refractivity contribution in [2.75, 3.05) is 0 Å². The molecule has 3 heteroatoms. The van der Waals surface area contributed by atoms with Gasteiger partial charge in [0.1, 0.15) is 5.60 Å². The van der Waals surface area contributed by atoms with Crippen molar-refractivity contribution in [1.29, 1.82) is 0 Å². The Morgan fingerprint density at radius 2 is 2.29 bits per heavy atom. The average Bonchev–Trinajstić information content (AvgIpc) is 2.80. The number of fused-ring (bicyclic) bond motifs is 2. The van der Waals surface area contributed by atoms with Crippen molar-refractivity contribution in [3.63, 3.8) is 0 Å². The molecule has 2 aliphatic rings. The number of carboxylic acid groups (broad SMARTS) is 1. The molecule has 2 unspecified atom stereocenters. The molecule has 1 heterocycles. The van der Waals surface area contributed by atoms with Gasteiger partial charge in [-0.3, -0.25) is 0 Å². The zero-order valence-electron chi connectivity index (χ0n) is 7.56. The van der Waals surface area contributed by atoms with Crippen molar-refractivity contribution in [2.24, 2.45) is 0 Å². The number of rotatable bonds is 1. The molecule has 1 N–H and O–H groups in total. The highest BCUT2D eigenvalue weighted by atomic mass is 16.6. The number of aliphatic carboxylic acids is 1. The number of benzene rings is 1. The van der Waals surface area contributed by atoms with Crippen molar-refractivity contribution in [1.82, 2.24) is 0 Å². The molecule has 1 saturated heterocycles. The summed E-state index contributed by atoms with van der Waals surface area (Å²) < 4.78 is 5.35. The standard InChI is InChI=1S/C11H10O3/c12-10(13)9-11(14-9)6-5-7-3-1-2-4-8(7)11/h1-4,9H,5-6H2,(H,12,13). The minimum atomic E-state index is -0.846. The predicted molar refractivity (Wildman–Crippen MR) is 48.9 cm³/mol. The fourth-order valence-corrected chi connectivity index (χ4v) is 2.43. The number of ether oxygens (including phenoxy) is 1. The molecule has 72 valence electrons. The summed E-state index contributed by atoms with van der Waals surface area (Å²) in [5.41, 5.74) is 1.83. The summed E-state index contributed by atoms with van der Waals surface area (Å²) in [6.45, 7) is 0. The highest BCUT2D eigenvalue weighted by Gasteiger charge is 2.64. The van der Waals surface area contributed by atoms with Crippen LogP contribution in [0.15, 0.2) is 24.3 Å². The molecule has 2 atom stereocenters. The first-order valence-electron chi connectivity index (χ1n) is 4.73. The molecular weight excluding hydrogens is 180 g/mol. The Bertz CT molecular complexity index is 413. The van der Waals surface area contributed by atoms with E-state index >= 15 is 0 Å². The van der Waals surface area contributed by atoms with Gasteiger partial charge in [-0.1, -0.05) is 24.3 Å². The highest BCUT2D eigenvalue weighted by molar-refractivity contribution is 5.78. The Kier molecular flexibility index (Phi) is 1.35. The van der Waals surface area contributed by atoms with E-state index in [-0.39, 0.29) is 0 Å². The van der Waals surface area contributed by atoms with Crippen molar-refractivity contribution in [2.45, 2.75) is 24.5 Å². The van der Waals surface area contributed by atoms with Crippen LogP contribution < -0.4 is 0 Å². The summed E-state index contributed by atoms with van der Waals surface area (Å²) in [7, 11) is 0. The molecule has 0 amide bonds. The lowest BCUT2D eigenvalue weighted by molar-refractivity contribution is -0.138. The minimum Gasteiger partial charge on any atom is -0.479 e. The van der Waals surface area contributed by atoms with Crippen molar-refractivity contribution in [3.05, 3.63) is 35.4 Å². The van der Waals surface area contributed by atoms with E-state index in [9.17, 15) is 4.79 Å². The maximum atomic E-state index is 10.8. The van der Waals surface area contributed by atoms with E-state index in [0.29, 0.717) is 0 Å². The third-order valence-electron chi connectivity index (χ3n) is 3.16. The molecule has 0 bridgehead atoms. The molecule has 1 aliphatic heterocycles. The topological polar surface area (TPSA) is 49.8 Å². The smallest absolute Gasteiger partial charge is 0.336 e. The molecule has 0 radical (unpaired) electrons. The van der Waals surface area contributed by atoms with Gasteiger partial charge in [0.25, 0.3) is 0 Å². The molecule has 1 fully saturated rings. The number of epoxide rings is 1. The zero-order chi connectivity index (χ0) is 9.76. The minimum absolute atomic E-state index is 0.484. The maximum Gasteiger partial charge on any atom is 0.336 e. The van der Waals surface area contributed by atoms with Crippen LogP contribution in [-0.2, 0) is 21.6 Å². The van der Waals surface area contributed by atoms with Crippen LogP contribution in [0.3, 0.4) is 0 Å². The van der Waals surface area contributed by atoms with Crippen molar-refractivity contribution >= 4 is 5.97 Å². The normalized spacial score (nSPS) is 33.0. The largest absolute Gasteiger partial charge is 0.479 e. The number of carbonyl (C=O) groups is 1. The van der Waals surface area contributed by atoms with Crippen LogP contribution in [0.5, 0.6) is 0 Å². The predicted octanol–water partition coefficient (Wildman–Crippen LogP) is 1.31. The molecule has 3 rings (SSSR count). The van der Waals surface area contributed by atoms with E-state index in [1.165, 1.54) is 5.56 Å². The van der Waals surface area contributed by atoms with Crippen LogP contribution >= 0.6 is 0 Å². The van der Waals surface area contributed by atoms with Gasteiger partial charge in [0, 0.05) is 0 Å². The summed E-state index contributed by atoms with van der Waals surface area (Å²) in [6, 6.07) is 7.94. The summed E-state index contributed by atoms with van der Waals surface area (Å²) in [5.74, 6) is -0.846. The van der Waals surface area contributed by atoms with Gasteiger partial charge in [-0.2, -0.15) is 0 Å². The molecule has 0 aromatic heterocycles. The second kappa shape index (κ2) is 2.36. The van der Waals surface area contributed by atoms with Crippen LogP contribution in [0, 0.1) is 0 Å². The molecule has 1 aromatic carbocycles. The Morgan fingerprint density at radius 3 is 3.00 bits per heavy atom. The Hall–Kier alpha value is -1.35. The Balaban J connectivity index is 2.04. The van der Waals surface area contributed by atoms with Crippen LogP contribution in [-0.4, -0.2) is 17.2 Å². The summed E-state index contributed by atoms with van der Waals surface area (Å²) in [4.78, 5) is 10.8. The maximum absolute atomic E-state index is 10.8. The van der Waals surface area contributed by atoms with Crippen LogP contribution in [0.1, 0.15) is 17.5 Å². The molecule has 1 aliphatic carbocycles. The fourth-order valence-electron chi connectivity index (χ4n) is 2.43. The van der Waals surface area contributed by atoms with E-state index in [4.69, 9.17) is 9.84 Å². The molecule has 0 saturated carbocycles. The lowest BCUT2D eigenvalue weighted by Crippen LogP contribution is -2.15. The van der Waals surface area contributed by atoms with Gasteiger partial charge in [0.15, 0.2) is 6.10 Å². The van der Waals surface area contributed by atoms with Crippen molar-refractivity contribution < 1.29 is 14.6 Å². The molecule has 1 spiro atoms. The SMILES string of the molecule is O=C(O)C1OC12CCc1ccccc12. The van der Waals surface area contributed by atoms with E-state index in [2.05, 4.69) is 0 Å². The van der Waals surface area contributed by atoms with Crippen LogP contribution in [0.2, 0.25) is 0 Å². The Labute approximate surface area is 81.3 Å². The summed E-state index contributed by atoms with van der Waals surface area (Å²) in [5, 5.41) is 8.88. The van der Waals surface area contributed by atoms with Gasteiger partial charge in [0.05, 0.1) is 0 Å². The number of carboxylic acids is 1. The average molecular weight is 190 g/mol. The lowest BCUT2D eigenvalue weighted by Gasteiger charge is -2.03. The van der Waals surface area contributed by atoms with Gasteiger partial charge in [-0.15, -0.1) is 0 Å². The van der Waals surface area contributed by atoms with Gasteiger partial charge < -0.3 is 9.84 Å². The van der Waals surface area contributed by atoms with E-state index in [1.54, 1.807) is 0 Å². The first-order chi connectivity index (χ1) is 6.74. The second-order valence-corrected chi connectivity index (χ2v) is 3.88. The highest BCUT2D eigenvalue weighted by Crippen LogP contribution is 2.54. The quantitative estimate of drug-likeness (QED) is 0.679. The summed E-state index contributed by atoms with van der Waals surface area (Å²) in [6.07, 6.45) is 1.12. The molecule has 1 aromatic rings. The number of hydrogen-bond donors (Lipinski definition) is 1. The first-order valence-corrected chi connectivity index (χ1v) is 4.73. The second-order valence-electron chi connectivity index (χ2n) is 3.88. The van der Waals surface area contributed by atoms with E-state index in [1.807, 2.05) is 24.3 Å². The first kappa shape index (κ1) is 8.00. The number of hydrogen-bond acceptors (Lipinski definition) is 2. The molecular formula is C11H10O3. The molecule has 14 heavy (non-hydrogen) atoms.